The zero-order valence-electron chi connectivity index (χ0n) is 23.9. The van der Waals surface area contributed by atoms with Gasteiger partial charge >= 0.3 is 0 Å². The largest absolute Gasteiger partial charge is 0.358 e. The molecule has 2 aliphatic rings. The predicted octanol–water partition coefficient (Wildman–Crippen LogP) is 5.76. The molecule has 7 nitrogen and oxygen atoms in total. The van der Waals surface area contributed by atoms with Crippen molar-refractivity contribution in [3.05, 3.63) is 94.7 Å². The summed E-state index contributed by atoms with van der Waals surface area (Å²) in [6.45, 7) is 9.22. The molecule has 2 saturated heterocycles. The molecule has 2 aliphatic heterocycles. The molecule has 8 heteroatoms. The Balaban J connectivity index is 1.30. The fourth-order valence-electron chi connectivity index (χ4n) is 6.25. The molecule has 0 aliphatic carbocycles. The molecule has 2 fully saturated rings. The Hall–Kier alpha value is -4.33. The average molecular weight is 552 g/mol. The Kier molecular flexibility index (Phi) is 6.72. The summed E-state index contributed by atoms with van der Waals surface area (Å²) in [5.41, 5.74) is 6.19. The van der Waals surface area contributed by atoms with Gasteiger partial charge in [-0.3, -0.25) is 14.6 Å². The van der Waals surface area contributed by atoms with E-state index in [1.807, 2.05) is 26.0 Å². The Bertz CT molecular complexity index is 1650. The third-order valence-electron chi connectivity index (χ3n) is 8.65. The average Bonchev–Trinajstić information content (AvgIpc) is 3.53. The first-order chi connectivity index (χ1) is 19.7. The molecule has 1 spiro atoms. The number of hydrogen-bond donors (Lipinski definition) is 0. The highest BCUT2D eigenvalue weighted by Crippen LogP contribution is 2.40. The van der Waals surface area contributed by atoms with Gasteiger partial charge in [-0.05, 0) is 88.6 Å². The van der Waals surface area contributed by atoms with Gasteiger partial charge in [-0.25, -0.2) is 9.07 Å². The number of ketones is 1. The summed E-state index contributed by atoms with van der Waals surface area (Å²) in [4.78, 5) is 35.7. The van der Waals surface area contributed by atoms with Crippen LogP contribution in [0.25, 0.3) is 16.9 Å². The Morgan fingerprint density at radius 3 is 2.27 bits per heavy atom. The Labute approximate surface area is 239 Å². The van der Waals surface area contributed by atoms with Crippen molar-refractivity contribution in [1.29, 1.82) is 0 Å². The van der Waals surface area contributed by atoms with Crippen LogP contribution in [-0.2, 0) is 4.79 Å². The number of halogens is 1. The van der Waals surface area contributed by atoms with E-state index in [0.29, 0.717) is 55.8 Å². The highest BCUT2D eigenvalue weighted by Gasteiger charge is 2.50. The van der Waals surface area contributed by atoms with Crippen molar-refractivity contribution in [1.82, 2.24) is 19.7 Å². The molecule has 4 aromatic rings. The molecule has 2 aromatic carbocycles. The topological polar surface area (TPSA) is 71.3 Å². The molecule has 0 bridgehead atoms. The minimum atomic E-state index is -0.583. The van der Waals surface area contributed by atoms with Crippen molar-refractivity contribution >= 4 is 17.4 Å². The summed E-state index contributed by atoms with van der Waals surface area (Å²) >= 11 is 0. The number of likely N-dealkylation sites (tertiary alicyclic amines) is 1. The smallest absolute Gasteiger partial charge is 0.274 e. The fraction of sp³-hybridized carbons (Fsp3) is 0.333. The van der Waals surface area contributed by atoms with E-state index < -0.39 is 5.54 Å². The summed E-state index contributed by atoms with van der Waals surface area (Å²) in [6, 6.07) is 18.9. The van der Waals surface area contributed by atoms with Crippen molar-refractivity contribution < 1.29 is 14.0 Å². The maximum Gasteiger partial charge on any atom is 0.274 e. The molecular weight excluding hydrogens is 517 g/mol. The van der Waals surface area contributed by atoms with Gasteiger partial charge in [0.25, 0.3) is 5.91 Å². The van der Waals surface area contributed by atoms with Crippen LogP contribution in [0, 0.1) is 33.5 Å². The van der Waals surface area contributed by atoms with E-state index in [-0.39, 0.29) is 23.2 Å². The Morgan fingerprint density at radius 1 is 0.878 bits per heavy atom. The van der Waals surface area contributed by atoms with Crippen molar-refractivity contribution in [2.45, 2.75) is 52.5 Å². The third kappa shape index (κ3) is 4.71. The summed E-state index contributed by atoms with van der Waals surface area (Å²) in [5, 5.41) is 4.69. The van der Waals surface area contributed by atoms with Crippen LogP contribution in [0.3, 0.4) is 0 Å². The second kappa shape index (κ2) is 10.3. The maximum absolute atomic E-state index is 14.6. The lowest BCUT2D eigenvalue weighted by Crippen LogP contribution is -2.56. The highest BCUT2D eigenvalue weighted by atomic mass is 19.1. The first-order valence-electron chi connectivity index (χ1n) is 14.1. The minimum Gasteiger partial charge on any atom is -0.358 e. The SMILES string of the molecule is Cc1ccc(N2CCC(=O)C23CCN(C(=O)c2cc(-c4ccc(C)nc4C)n(-c4ccc(C)c(F)c4)n2)CC3)cc1. The van der Waals surface area contributed by atoms with Gasteiger partial charge in [0.1, 0.15) is 11.4 Å². The second-order valence-electron chi connectivity index (χ2n) is 11.3. The lowest BCUT2D eigenvalue weighted by atomic mass is 9.83. The van der Waals surface area contributed by atoms with Gasteiger partial charge in [0.2, 0.25) is 0 Å². The van der Waals surface area contributed by atoms with E-state index in [0.717, 1.165) is 22.6 Å². The minimum absolute atomic E-state index is 0.197. The number of piperidine rings is 1. The molecule has 0 N–H and O–H groups in total. The lowest BCUT2D eigenvalue weighted by molar-refractivity contribution is -0.123. The maximum atomic E-state index is 14.6. The zero-order valence-corrected chi connectivity index (χ0v) is 23.9. The number of hydrogen-bond acceptors (Lipinski definition) is 5. The fourth-order valence-corrected chi connectivity index (χ4v) is 6.25. The molecule has 210 valence electrons. The summed E-state index contributed by atoms with van der Waals surface area (Å²) < 4.78 is 16.2. The van der Waals surface area contributed by atoms with Gasteiger partial charge < -0.3 is 9.80 Å². The molecule has 0 radical (unpaired) electrons. The number of aromatic nitrogens is 3. The van der Waals surface area contributed by atoms with Gasteiger partial charge in [0.05, 0.1) is 11.4 Å². The number of Topliss-reactive ketones (excluding diaryl/α,β-unsaturated/α-hetero) is 1. The van der Waals surface area contributed by atoms with Crippen molar-refractivity contribution in [3.63, 3.8) is 0 Å². The number of carbonyl (C=O) groups is 2. The number of amides is 1. The van der Waals surface area contributed by atoms with Gasteiger partial charge in [0, 0.05) is 48.7 Å². The molecule has 1 amide bonds. The molecule has 4 heterocycles. The van der Waals surface area contributed by atoms with Crippen LogP contribution in [-0.4, -0.2) is 56.5 Å². The van der Waals surface area contributed by atoms with Gasteiger partial charge in [0.15, 0.2) is 11.5 Å². The zero-order chi connectivity index (χ0) is 28.9. The van der Waals surface area contributed by atoms with Gasteiger partial charge in [-0.2, -0.15) is 5.10 Å². The first kappa shape index (κ1) is 26.9. The van der Waals surface area contributed by atoms with E-state index in [9.17, 15) is 14.0 Å². The number of benzene rings is 2. The molecule has 0 atom stereocenters. The summed E-state index contributed by atoms with van der Waals surface area (Å²) in [5.74, 6) is -0.283. The van der Waals surface area contributed by atoms with Crippen LogP contribution in [0.5, 0.6) is 0 Å². The van der Waals surface area contributed by atoms with Gasteiger partial charge in [-0.1, -0.05) is 23.8 Å². The number of carbonyl (C=O) groups excluding carboxylic acids is 2. The molecule has 2 aromatic heterocycles. The van der Waals surface area contributed by atoms with Crippen LogP contribution in [0.1, 0.15) is 52.3 Å². The first-order valence-corrected chi connectivity index (χ1v) is 14.1. The van der Waals surface area contributed by atoms with E-state index >= 15 is 0 Å². The predicted molar refractivity (Wildman–Crippen MR) is 157 cm³/mol. The summed E-state index contributed by atoms with van der Waals surface area (Å²) in [6.07, 6.45) is 1.67. The number of anilines is 1. The van der Waals surface area contributed by atoms with E-state index in [2.05, 4.69) is 41.1 Å². The highest BCUT2D eigenvalue weighted by molar-refractivity contribution is 5.97. The van der Waals surface area contributed by atoms with Crippen molar-refractivity contribution in [2.24, 2.45) is 0 Å². The van der Waals surface area contributed by atoms with Gasteiger partial charge in [-0.15, -0.1) is 0 Å². The van der Waals surface area contributed by atoms with Crippen molar-refractivity contribution in [3.8, 4) is 16.9 Å². The van der Waals surface area contributed by atoms with Crippen LogP contribution in [0.4, 0.5) is 10.1 Å². The third-order valence-corrected chi connectivity index (χ3v) is 8.65. The van der Waals surface area contributed by atoms with E-state index in [4.69, 9.17) is 5.10 Å². The molecular formula is C33H34FN5O2. The van der Waals surface area contributed by atoms with Crippen LogP contribution >= 0.6 is 0 Å². The molecule has 41 heavy (non-hydrogen) atoms. The molecule has 6 rings (SSSR count). The molecule has 0 unspecified atom stereocenters. The van der Waals surface area contributed by atoms with E-state index in [1.165, 1.54) is 11.6 Å². The summed E-state index contributed by atoms with van der Waals surface area (Å²) in [7, 11) is 0. The lowest BCUT2D eigenvalue weighted by Gasteiger charge is -2.44. The second-order valence-corrected chi connectivity index (χ2v) is 11.3. The number of pyridine rings is 1. The number of nitrogens with zero attached hydrogens (tertiary/aromatic N) is 5. The standard InChI is InChI=1S/C33H34FN5O2/c1-21-5-9-25(10-6-21)38-16-13-31(40)33(38)14-17-37(18-15-33)32(41)29-20-30(27-12-8-23(3)35-24(27)4)39(36-29)26-11-7-22(2)28(34)19-26/h5-12,19-20H,13-18H2,1-4H3. The normalized spacial score (nSPS) is 16.6. The quantitative estimate of drug-likeness (QED) is 0.323. The Morgan fingerprint density at radius 2 is 1.59 bits per heavy atom. The molecule has 0 saturated carbocycles. The number of aryl methyl sites for hydroxylation is 4. The van der Waals surface area contributed by atoms with Crippen LogP contribution in [0.2, 0.25) is 0 Å². The number of rotatable bonds is 4. The monoisotopic (exact) mass is 551 g/mol. The van der Waals surface area contributed by atoms with E-state index in [1.54, 1.807) is 34.7 Å². The van der Waals surface area contributed by atoms with Crippen LogP contribution in [0.15, 0.2) is 60.7 Å². The van der Waals surface area contributed by atoms with Crippen molar-refractivity contribution in [2.75, 3.05) is 24.5 Å². The van der Waals surface area contributed by atoms with Crippen LogP contribution < -0.4 is 4.90 Å².